The van der Waals surface area contributed by atoms with Gasteiger partial charge in [0, 0.05) is 31.7 Å². The summed E-state index contributed by atoms with van der Waals surface area (Å²) in [5, 5.41) is 3.24. The molecule has 5 nitrogen and oxygen atoms in total. The molecule has 0 amide bonds. The van der Waals surface area contributed by atoms with Gasteiger partial charge >= 0.3 is 5.97 Å². The molecule has 5 heteroatoms. The maximum absolute atomic E-state index is 12.2. The highest BCUT2D eigenvalue weighted by molar-refractivity contribution is 5.81. The molecule has 2 aliphatic rings. The van der Waals surface area contributed by atoms with E-state index < -0.39 is 5.54 Å². The Labute approximate surface area is 122 Å². The number of likely N-dealkylation sites (N-methyl/N-ethyl adjacent to an activating group) is 2. The first-order valence-electron chi connectivity index (χ1n) is 7.83. The maximum Gasteiger partial charge on any atom is 0.326 e. The zero-order chi connectivity index (χ0) is 14.8. The number of ether oxygens (including phenoxy) is 1. The van der Waals surface area contributed by atoms with Gasteiger partial charge in [-0.25, -0.2) is 0 Å². The minimum atomic E-state index is -0.465. The van der Waals surface area contributed by atoms with E-state index in [9.17, 15) is 4.79 Å². The van der Waals surface area contributed by atoms with Gasteiger partial charge in [-0.15, -0.1) is 0 Å². The second-order valence-electron chi connectivity index (χ2n) is 6.27. The second kappa shape index (κ2) is 6.41. The summed E-state index contributed by atoms with van der Waals surface area (Å²) in [5.41, 5.74) is -0.465. The van der Waals surface area contributed by atoms with Crippen LogP contribution in [0.5, 0.6) is 0 Å². The van der Waals surface area contributed by atoms with E-state index in [1.165, 1.54) is 0 Å². The van der Waals surface area contributed by atoms with Crippen LogP contribution < -0.4 is 5.32 Å². The third-order valence-corrected chi connectivity index (χ3v) is 5.14. The number of nitrogens with one attached hydrogen (secondary N) is 1. The molecule has 0 radical (unpaired) electrons. The van der Waals surface area contributed by atoms with Crippen molar-refractivity contribution in [1.82, 2.24) is 15.1 Å². The van der Waals surface area contributed by atoms with Crippen molar-refractivity contribution in [3.05, 3.63) is 0 Å². The van der Waals surface area contributed by atoms with Crippen LogP contribution in [0.15, 0.2) is 0 Å². The van der Waals surface area contributed by atoms with E-state index in [1.807, 2.05) is 14.0 Å². The number of carbonyl (C=O) groups excluding carboxylic acids is 1. The van der Waals surface area contributed by atoms with E-state index >= 15 is 0 Å². The first kappa shape index (κ1) is 15.7. The van der Waals surface area contributed by atoms with Crippen LogP contribution in [0.3, 0.4) is 0 Å². The Bertz CT molecular complexity index is 350. The number of esters is 1. The summed E-state index contributed by atoms with van der Waals surface area (Å²) < 4.78 is 5.27. The van der Waals surface area contributed by atoms with E-state index in [0.29, 0.717) is 18.7 Å². The van der Waals surface area contributed by atoms with Crippen LogP contribution in [0, 0.1) is 0 Å². The fourth-order valence-electron chi connectivity index (χ4n) is 3.52. The topological polar surface area (TPSA) is 44.8 Å². The summed E-state index contributed by atoms with van der Waals surface area (Å²) in [6.45, 7) is 7.92. The van der Waals surface area contributed by atoms with Crippen LogP contribution in [0.1, 0.15) is 33.1 Å². The van der Waals surface area contributed by atoms with Gasteiger partial charge in [0.25, 0.3) is 0 Å². The third kappa shape index (κ3) is 3.00. The molecule has 1 aliphatic heterocycles. The van der Waals surface area contributed by atoms with Gasteiger partial charge in [-0.1, -0.05) is 0 Å². The lowest BCUT2D eigenvalue weighted by molar-refractivity contribution is -0.151. The number of piperazine rings is 1. The molecule has 1 saturated carbocycles. The average molecular weight is 283 g/mol. The van der Waals surface area contributed by atoms with E-state index in [-0.39, 0.29) is 5.97 Å². The highest BCUT2D eigenvalue weighted by Crippen LogP contribution is 2.34. The average Bonchev–Trinajstić information content (AvgIpc) is 2.88. The van der Waals surface area contributed by atoms with Gasteiger partial charge in [-0.3, -0.25) is 9.69 Å². The lowest BCUT2D eigenvalue weighted by Crippen LogP contribution is -2.55. The van der Waals surface area contributed by atoms with Gasteiger partial charge in [-0.2, -0.15) is 0 Å². The van der Waals surface area contributed by atoms with E-state index in [1.54, 1.807) is 0 Å². The maximum atomic E-state index is 12.2. The standard InChI is InChI=1S/C15H29N3O2/c1-5-20-14(19)15(16-3)7-6-13(10-15)18-9-8-17(4)12(2)11-18/h12-13,16H,5-11H2,1-4H3. The van der Waals surface area contributed by atoms with Crippen molar-refractivity contribution in [3.8, 4) is 0 Å². The first-order chi connectivity index (χ1) is 9.52. The van der Waals surface area contributed by atoms with Gasteiger partial charge in [0.2, 0.25) is 0 Å². The third-order valence-electron chi connectivity index (χ3n) is 5.14. The van der Waals surface area contributed by atoms with Crippen LogP contribution in [0.2, 0.25) is 0 Å². The van der Waals surface area contributed by atoms with Gasteiger partial charge in [0.05, 0.1) is 6.61 Å². The van der Waals surface area contributed by atoms with Gasteiger partial charge in [0.1, 0.15) is 5.54 Å². The molecule has 3 unspecified atom stereocenters. The summed E-state index contributed by atoms with van der Waals surface area (Å²) in [4.78, 5) is 17.2. The Hall–Kier alpha value is -0.650. The van der Waals surface area contributed by atoms with Crippen molar-refractivity contribution in [2.75, 3.05) is 40.3 Å². The van der Waals surface area contributed by atoms with Crippen LogP contribution in [0.25, 0.3) is 0 Å². The van der Waals surface area contributed by atoms with E-state index in [4.69, 9.17) is 4.74 Å². The zero-order valence-electron chi connectivity index (χ0n) is 13.3. The van der Waals surface area contributed by atoms with Gasteiger partial charge in [-0.05, 0) is 47.2 Å². The molecular formula is C15H29N3O2. The van der Waals surface area contributed by atoms with Crippen molar-refractivity contribution >= 4 is 5.97 Å². The Morgan fingerprint density at radius 1 is 1.45 bits per heavy atom. The summed E-state index contributed by atoms with van der Waals surface area (Å²) >= 11 is 0. The SMILES string of the molecule is CCOC(=O)C1(NC)CCC(N2CCN(C)C(C)C2)C1. The Kier molecular flexibility index (Phi) is 5.04. The zero-order valence-corrected chi connectivity index (χ0v) is 13.3. The molecule has 1 heterocycles. The van der Waals surface area contributed by atoms with Crippen molar-refractivity contribution in [1.29, 1.82) is 0 Å². The fraction of sp³-hybridized carbons (Fsp3) is 0.933. The molecule has 116 valence electrons. The molecule has 1 N–H and O–H groups in total. The molecule has 0 bridgehead atoms. The molecule has 1 aliphatic carbocycles. The van der Waals surface area contributed by atoms with Crippen molar-refractivity contribution in [2.24, 2.45) is 0 Å². The largest absolute Gasteiger partial charge is 0.465 e. The Morgan fingerprint density at radius 2 is 2.20 bits per heavy atom. The lowest BCUT2D eigenvalue weighted by Gasteiger charge is -2.41. The molecule has 2 fully saturated rings. The molecule has 1 saturated heterocycles. The number of carbonyl (C=O) groups is 1. The number of rotatable bonds is 4. The van der Waals surface area contributed by atoms with Crippen LogP contribution in [-0.2, 0) is 9.53 Å². The molecule has 20 heavy (non-hydrogen) atoms. The highest BCUT2D eigenvalue weighted by Gasteiger charge is 2.47. The molecule has 0 aromatic carbocycles. The lowest BCUT2D eigenvalue weighted by atomic mass is 9.97. The predicted octanol–water partition coefficient (Wildman–Crippen LogP) is 0.696. The molecule has 0 spiro atoms. The molecular weight excluding hydrogens is 254 g/mol. The normalized spacial score (nSPS) is 36.2. The number of nitrogens with zero attached hydrogens (tertiary/aromatic N) is 2. The molecule has 0 aromatic heterocycles. The van der Waals surface area contributed by atoms with Crippen molar-refractivity contribution in [3.63, 3.8) is 0 Å². The van der Waals surface area contributed by atoms with Crippen LogP contribution >= 0.6 is 0 Å². The first-order valence-corrected chi connectivity index (χ1v) is 7.83. The highest BCUT2D eigenvalue weighted by atomic mass is 16.5. The minimum Gasteiger partial charge on any atom is -0.465 e. The smallest absolute Gasteiger partial charge is 0.326 e. The van der Waals surface area contributed by atoms with Gasteiger partial charge < -0.3 is 15.0 Å². The molecule has 3 atom stereocenters. The quantitative estimate of drug-likeness (QED) is 0.769. The number of hydrogen-bond acceptors (Lipinski definition) is 5. The van der Waals surface area contributed by atoms with E-state index in [2.05, 4.69) is 29.1 Å². The van der Waals surface area contributed by atoms with Gasteiger partial charge in [0.15, 0.2) is 0 Å². The summed E-state index contributed by atoms with van der Waals surface area (Å²) in [6, 6.07) is 1.10. The Balaban J connectivity index is 1.98. The van der Waals surface area contributed by atoms with Crippen molar-refractivity contribution < 1.29 is 9.53 Å². The van der Waals surface area contributed by atoms with Crippen LogP contribution in [-0.4, -0.2) is 73.7 Å². The van der Waals surface area contributed by atoms with Crippen molar-refractivity contribution in [2.45, 2.75) is 50.7 Å². The molecule has 2 rings (SSSR count). The summed E-state index contributed by atoms with van der Waals surface area (Å²) in [6.07, 6.45) is 2.84. The fourth-order valence-corrected chi connectivity index (χ4v) is 3.52. The second-order valence-corrected chi connectivity index (χ2v) is 6.27. The van der Waals surface area contributed by atoms with Crippen LogP contribution in [0.4, 0.5) is 0 Å². The number of hydrogen-bond donors (Lipinski definition) is 1. The monoisotopic (exact) mass is 283 g/mol. The minimum absolute atomic E-state index is 0.0767. The Morgan fingerprint density at radius 3 is 2.80 bits per heavy atom. The molecule has 0 aromatic rings. The summed E-state index contributed by atoms with van der Waals surface area (Å²) in [5.74, 6) is -0.0767. The summed E-state index contributed by atoms with van der Waals surface area (Å²) in [7, 11) is 4.07. The predicted molar refractivity (Wildman–Crippen MR) is 79.7 cm³/mol. The van der Waals surface area contributed by atoms with E-state index in [0.717, 1.165) is 38.9 Å².